The lowest BCUT2D eigenvalue weighted by atomic mass is 9.98. The van der Waals surface area contributed by atoms with Gasteiger partial charge in [-0.1, -0.05) is 48.5 Å². The van der Waals surface area contributed by atoms with Crippen molar-refractivity contribution in [2.24, 2.45) is 11.8 Å². The summed E-state index contributed by atoms with van der Waals surface area (Å²) in [4.78, 5) is 38.3. The van der Waals surface area contributed by atoms with Crippen molar-refractivity contribution in [1.29, 1.82) is 0 Å². The maximum absolute atomic E-state index is 12.9. The number of hydrogen-bond donors (Lipinski definition) is 2. The third kappa shape index (κ3) is 4.52. The average molecular weight is 463 g/mol. The van der Waals surface area contributed by atoms with Gasteiger partial charge in [-0.05, 0) is 53.9 Å². The Bertz CT molecular complexity index is 1050. The van der Waals surface area contributed by atoms with E-state index in [4.69, 9.17) is 9.84 Å². The molecule has 2 amide bonds. The Balaban J connectivity index is 1.11. The van der Waals surface area contributed by atoms with Gasteiger partial charge in [-0.15, -0.1) is 0 Å². The molecule has 5 rings (SSSR count). The number of carbonyl (C=O) groups excluding carboxylic acids is 2. The number of carboxylic acid groups (broad SMARTS) is 1. The Morgan fingerprint density at radius 1 is 1.00 bits per heavy atom. The molecule has 1 saturated carbocycles. The van der Waals surface area contributed by atoms with E-state index in [0.29, 0.717) is 13.1 Å². The summed E-state index contributed by atoms with van der Waals surface area (Å²) in [6, 6.07) is 16.2. The van der Waals surface area contributed by atoms with Gasteiger partial charge in [-0.3, -0.25) is 9.59 Å². The predicted molar refractivity (Wildman–Crippen MR) is 126 cm³/mol. The van der Waals surface area contributed by atoms with Gasteiger partial charge >= 0.3 is 12.1 Å². The Hall–Kier alpha value is -3.35. The Kier molecular flexibility index (Phi) is 6.26. The molecule has 0 spiro atoms. The zero-order valence-electron chi connectivity index (χ0n) is 19.1. The molecule has 3 atom stereocenters. The van der Waals surface area contributed by atoms with Crippen LogP contribution in [-0.4, -0.2) is 53.7 Å². The molecule has 1 saturated heterocycles. The highest BCUT2D eigenvalue weighted by atomic mass is 16.5. The third-order valence-electron chi connectivity index (χ3n) is 7.41. The van der Waals surface area contributed by atoms with Crippen molar-refractivity contribution in [2.75, 3.05) is 19.7 Å². The molecule has 0 unspecified atom stereocenters. The number of carbonyl (C=O) groups is 3. The van der Waals surface area contributed by atoms with Gasteiger partial charge in [0.1, 0.15) is 6.61 Å². The normalized spacial score (nSPS) is 23.1. The van der Waals surface area contributed by atoms with Crippen molar-refractivity contribution < 1.29 is 24.2 Å². The number of fused-ring (bicyclic) bond motifs is 3. The first-order chi connectivity index (χ1) is 16.5. The van der Waals surface area contributed by atoms with Gasteiger partial charge in [0.15, 0.2) is 0 Å². The van der Waals surface area contributed by atoms with Crippen molar-refractivity contribution in [2.45, 2.75) is 44.1 Å². The number of nitrogens with zero attached hydrogens (tertiary/aromatic N) is 1. The fourth-order valence-corrected chi connectivity index (χ4v) is 5.56. The highest BCUT2D eigenvalue weighted by Gasteiger charge is 2.46. The second kappa shape index (κ2) is 9.49. The molecule has 2 aromatic rings. The maximum Gasteiger partial charge on any atom is 0.407 e. The van der Waals surface area contributed by atoms with E-state index in [-0.39, 0.29) is 42.7 Å². The fourth-order valence-electron chi connectivity index (χ4n) is 5.56. The molecular formula is C27H30N2O5. The molecule has 0 radical (unpaired) electrons. The van der Waals surface area contributed by atoms with Crippen LogP contribution in [0, 0.1) is 11.8 Å². The third-order valence-corrected chi connectivity index (χ3v) is 7.41. The van der Waals surface area contributed by atoms with Crippen LogP contribution in [0.1, 0.15) is 49.1 Å². The molecule has 7 heteroatoms. The lowest BCUT2D eigenvalue weighted by Crippen LogP contribution is -2.45. The molecule has 2 aromatic carbocycles. The molecule has 2 fully saturated rings. The van der Waals surface area contributed by atoms with Crippen molar-refractivity contribution in [3.8, 4) is 11.1 Å². The number of nitrogens with one attached hydrogen (secondary N) is 1. The summed E-state index contributed by atoms with van der Waals surface area (Å²) < 4.78 is 5.58. The topological polar surface area (TPSA) is 95.9 Å². The highest BCUT2D eigenvalue weighted by Crippen LogP contribution is 2.44. The monoisotopic (exact) mass is 462 g/mol. The standard InChI is InChI=1S/C27H30N2O5/c30-25(31)14-18-7-5-6-12-29(18)26(32)23-13-17(23)15-28-27(33)34-16-24-21-10-3-1-8-19(21)20-9-2-4-11-22(20)24/h1-4,8-11,17-18,23-24H,5-7,12-16H2,(H,28,33)(H,30,31)/t17-,18-,23-/m0/s1. The number of rotatable bonds is 7. The molecule has 7 nitrogen and oxygen atoms in total. The van der Waals surface area contributed by atoms with E-state index in [0.717, 1.165) is 25.7 Å². The minimum atomic E-state index is -0.867. The van der Waals surface area contributed by atoms with E-state index in [1.54, 1.807) is 4.90 Å². The average Bonchev–Trinajstić information content (AvgIpc) is 3.56. The number of amides is 2. The number of hydrogen-bond acceptors (Lipinski definition) is 4. The fraction of sp³-hybridized carbons (Fsp3) is 0.444. The summed E-state index contributed by atoms with van der Waals surface area (Å²) in [5.41, 5.74) is 4.71. The van der Waals surface area contributed by atoms with Crippen LogP contribution in [0.3, 0.4) is 0 Å². The predicted octanol–water partition coefficient (Wildman–Crippen LogP) is 4.02. The Labute approximate surface area is 199 Å². The summed E-state index contributed by atoms with van der Waals surface area (Å²) >= 11 is 0. The quantitative estimate of drug-likeness (QED) is 0.648. The van der Waals surface area contributed by atoms with Crippen molar-refractivity contribution in [3.05, 3.63) is 59.7 Å². The first-order valence-electron chi connectivity index (χ1n) is 12.1. The number of likely N-dealkylation sites (tertiary alicyclic amines) is 1. The van der Waals surface area contributed by atoms with Crippen LogP contribution in [0.5, 0.6) is 0 Å². The van der Waals surface area contributed by atoms with Gasteiger partial charge in [0.25, 0.3) is 0 Å². The van der Waals surface area contributed by atoms with E-state index in [2.05, 4.69) is 29.6 Å². The second-order valence-electron chi connectivity index (χ2n) is 9.59. The molecule has 2 aliphatic carbocycles. The lowest BCUT2D eigenvalue weighted by Gasteiger charge is -2.35. The molecule has 0 aromatic heterocycles. The van der Waals surface area contributed by atoms with Gasteiger partial charge in [0.05, 0.1) is 6.42 Å². The molecule has 34 heavy (non-hydrogen) atoms. The summed E-state index contributed by atoms with van der Waals surface area (Å²) in [7, 11) is 0. The van der Waals surface area contributed by atoms with Crippen LogP contribution in [0.25, 0.3) is 11.1 Å². The lowest BCUT2D eigenvalue weighted by molar-refractivity contribution is -0.142. The van der Waals surface area contributed by atoms with Crippen LogP contribution < -0.4 is 5.32 Å². The zero-order valence-corrected chi connectivity index (χ0v) is 19.1. The number of carboxylic acids is 1. The van der Waals surface area contributed by atoms with Gasteiger partial charge in [0.2, 0.25) is 5.91 Å². The van der Waals surface area contributed by atoms with Crippen LogP contribution in [0.2, 0.25) is 0 Å². The number of benzene rings is 2. The SMILES string of the molecule is O=C(O)C[C@@H]1CCCCN1C(=O)[C@H]1C[C@H]1CNC(=O)OCC1c2ccccc2-c2ccccc21. The van der Waals surface area contributed by atoms with Crippen molar-refractivity contribution >= 4 is 18.0 Å². The van der Waals surface area contributed by atoms with E-state index in [1.807, 2.05) is 24.3 Å². The van der Waals surface area contributed by atoms with E-state index in [1.165, 1.54) is 22.3 Å². The maximum atomic E-state index is 12.9. The van der Waals surface area contributed by atoms with Crippen LogP contribution >= 0.6 is 0 Å². The van der Waals surface area contributed by atoms with Gasteiger partial charge in [-0.2, -0.15) is 0 Å². The molecule has 1 heterocycles. The molecule has 1 aliphatic heterocycles. The second-order valence-corrected chi connectivity index (χ2v) is 9.59. The number of ether oxygens (including phenoxy) is 1. The summed E-state index contributed by atoms with van der Waals surface area (Å²) in [5, 5.41) is 12.0. The van der Waals surface area contributed by atoms with Crippen LogP contribution in [0.4, 0.5) is 4.79 Å². The number of alkyl carbamates (subject to hydrolysis) is 1. The van der Waals surface area contributed by atoms with E-state index < -0.39 is 12.1 Å². The zero-order chi connectivity index (χ0) is 23.7. The van der Waals surface area contributed by atoms with Gasteiger partial charge < -0.3 is 20.1 Å². The minimum Gasteiger partial charge on any atom is -0.481 e. The first-order valence-corrected chi connectivity index (χ1v) is 12.1. The minimum absolute atomic E-state index is 0.00112. The highest BCUT2D eigenvalue weighted by molar-refractivity contribution is 5.83. The van der Waals surface area contributed by atoms with Gasteiger partial charge in [-0.25, -0.2) is 4.79 Å². The molecular weight excluding hydrogens is 432 g/mol. The summed E-state index contributed by atoms with van der Waals surface area (Å²) in [5.74, 6) is -0.874. The summed E-state index contributed by atoms with van der Waals surface area (Å²) in [6.45, 7) is 1.28. The summed E-state index contributed by atoms with van der Waals surface area (Å²) in [6.07, 6.45) is 2.87. The number of piperidine rings is 1. The largest absolute Gasteiger partial charge is 0.481 e. The van der Waals surface area contributed by atoms with Crippen molar-refractivity contribution in [1.82, 2.24) is 10.2 Å². The molecule has 3 aliphatic rings. The molecule has 2 N–H and O–H groups in total. The van der Waals surface area contributed by atoms with E-state index in [9.17, 15) is 14.4 Å². The van der Waals surface area contributed by atoms with Crippen molar-refractivity contribution in [3.63, 3.8) is 0 Å². The first kappa shape index (κ1) is 22.4. The smallest absolute Gasteiger partial charge is 0.407 e. The van der Waals surface area contributed by atoms with Crippen LogP contribution in [-0.2, 0) is 14.3 Å². The molecule has 178 valence electrons. The molecule has 0 bridgehead atoms. The van der Waals surface area contributed by atoms with Gasteiger partial charge in [0, 0.05) is 31.0 Å². The Morgan fingerprint density at radius 2 is 1.68 bits per heavy atom. The van der Waals surface area contributed by atoms with E-state index >= 15 is 0 Å². The van der Waals surface area contributed by atoms with Crippen LogP contribution in [0.15, 0.2) is 48.5 Å². The Morgan fingerprint density at radius 3 is 2.35 bits per heavy atom. The number of aliphatic carboxylic acids is 1.